The van der Waals surface area contributed by atoms with Gasteiger partial charge in [0.2, 0.25) is 0 Å². The molecule has 0 fully saturated rings. The zero-order valence-corrected chi connectivity index (χ0v) is 9.76. The second-order valence-electron chi connectivity index (χ2n) is 3.96. The Balaban J connectivity index is 1.76. The Labute approximate surface area is 102 Å². The normalized spacial score (nSPS) is 10.1. The van der Waals surface area contributed by atoms with Crippen molar-refractivity contribution in [2.24, 2.45) is 0 Å². The van der Waals surface area contributed by atoms with Gasteiger partial charge in [-0.2, -0.15) is 0 Å². The van der Waals surface area contributed by atoms with E-state index in [4.69, 9.17) is 5.73 Å². The summed E-state index contributed by atoms with van der Waals surface area (Å²) in [5.74, 6) is 0.778. The summed E-state index contributed by atoms with van der Waals surface area (Å²) in [4.78, 5) is 4.19. The van der Waals surface area contributed by atoms with E-state index in [1.165, 1.54) is 5.56 Å². The lowest BCUT2D eigenvalue weighted by Gasteiger charge is -2.07. The molecule has 3 nitrogen and oxygen atoms in total. The largest absolute Gasteiger partial charge is 0.396 e. The topological polar surface area (TPSA) is 50.9 Å². The van der Waals surface area contributed by atoms with Gasteiger partial charge in [0, 0.05) is 12.7 Å². The minimum absolute atomic E-state index is 0.701. The number of benzene rings is 1. The number of hydrogen-bond donors (Lipinski definition) is 2. The van der Waals surface area contributed by atoms with E-state index in [-0.39, 0.29) is 0 Å². The van der Waals surface area contributed by atoms with Gasteiger partial charge in [-0.25, -0.2) is 4.98 Å². The van der Waals surface area contributed by atoms with Crippen molar-refractivity contribution in [2.75, 3.05) is 17.6 Å². The summed E-state index contributed by atoms with van der Waals surface area (Å²) in [5, 5.41) is 3.25. The second-order valence-corrected chi connectivity index (χ2v) is 3.96. The number of aryl methyl sites for hydroxylation is 1. The number of nitrogens with two attached hydrogens (primary N) is 1. The highest BCUT2D eigenvalue weighted by Crippen LogP contribution is 2.12. The fourth-order valence-corrected chi connectivity index (χ4v) is 1.71. The molecule has 3 N–H and O–H groups in total. The smallest absolute Gasteiger partial charge is 0.149 e. The summed E-state index contributed by atoms with van der Waals surface area (Å²) in [6, 6.07) is 14.2. The molecule has 17 heavy (non-hydrogen) atoms. The van der Waals surface area contributed by atoms with Crippen LogP contribution in [0.5, 0.6) is 0 Å². The van der Waals surface area contributed by atoms with Crippen LogP contribution in [0.25, 0.3) is 0 Å². The first-order valence-electron chi connectivity index (χ1n) is 5.84. The lowest BCUT2D eigenvalue weighted by Crippen LogP contribution is -2.06. The minimum atomic E-state index is 0.701. The number of nitrogens with zero attached hydrogens (tertiary/aromatic N) is 1. The summed E-state index contributed by atoms with van der Waals surface area (Å²) >= 11 is 0. The number of hydrogen-bond acceptors (Lipinski definition) is 3. The first-order chi connectivity index (χ1) is 8.36. The first kappa shape index (κ1) is 11.5. The maximum atomic E-state index is 5.79. The highest BCUT2D eigenvalue weighted by atomic mass is 15.0. The van der Waals surface area contributed by atoms with Crippen molar-refractivity contribution < 1.29 is 0 Å². The SMILES string of the molecule is Nc1cccnc1NCCCc1ccccc1. The van der Waals surface area contributed by atoms with Gasteiger partial charge in [0.25, 0.3) is 0 Å². The number of anilines is 2. The van der Waals surface area contributed by atoms with Crippen LogP contribution in [0.1, 0.15) is 12.0 Å². The van der Waals surface area contributed by atoms with Crippen LogP contribution in [-0.4, -0.2) is 11.5 Å². The zero-order chi connectivity index (χ0) is 11.9. The summed E-state index contributed by atoms with van der Waals surface area (Å²) in [6.45, 7) is 0.885. The van der Waals surface area contributed by atoms with Crippen molar-refractivity contribution in [3.63, 3.8) is 0 Å². The zero-order valence-electron chi connectivity index (χ0n) is 9.76. The van der Waals surface area contributed by atoms with Crippen LogP contribution in [0.15, 0.2) is 48.7 Å². The van der Waals surface area contributed by atoms with Crippen molar-refractivity contribution >= 4 is 11.5 Å². The Morgan fingerprint density at radius 3 is 2.65 bits per heavy atom. The Hall–Kier alpha value is -2.03. The van der Waals surface area contributed by atoms with Gasteiger partial charge in [0.05, 0.1) is 5.69 Å². The maximum absolute atomic E-state index is 5.79. The van der Waals surface area contributed by atoms with Crippen molar-refractivity contribution in [3.05, 3.63) is 54.2 Å². The van der Waals surface area contributed by atoms with Crippen molar-refractivity contribution in [1.82, 2.24) is 4.98 Å². The molecule has 2 aromatic rings. The highest BCUT2D eigenvalue weighted by molar-refractivity contribution is 5.60. The van der Waals surface area contributed by atoms with E-state index in [2.05, 4.69) is 34.6 Å². The third-order valence-corrected chi connectivity index (χ3v) is 2.62. The van der Waals surface area contributed by atoms with Gasteiger partial charge < -0.3 is 11.1 Å². The van der Waals surface area contributed by atoms with Crippen LogP contribution >= 0.6 is 0 Å². The number of nitrogen functional groups attached to an aromatic ring is 1. The van der Waals surface area contributed by atoms with E-state index in [1.807, 2.05) is 18.2 Å². The second kappa shape index (κ2) is 5.89. The average Bonchev–Trinajstić information content (AvgIpc) is 2.38. The van der Waals surface area contributed by atoms with E-state index >= 15 is 0 Å². The molecular formula is C14H17N3. The number of pyridine rings is 1. The molecule has 0 aliphatic rings. The van der Waals surface area contributed by atoms with Crippen LogP contribution in [0.4, 0.5) is 11.5 Å². The first-order valence-corrected chi connectivity index (χ1v) is 5.84. The molecule has 1 heterocycles. The van der Waals surface area contributed by atoms with Crippen LogP contribution < -0.4 is 11.1 Å². The van der Waals surface area contributed by atoms with E-state index in [0.29, 0.717) is 5.69 Å². The monoisotopic (exact) mass is 227 g/mol. The molecule has 88 valence electrons. The molecule has 0 bridgehead atoms. The van der Waals surface area contributed by atoms with E-state index < -0.39 is 0 Å². The van der Waals surface area contributed by atoms with E-state index in [1.54, 1.807) is 6.20 Å². The quantitative estimate of drug-likeness (QED) is 0.772. The van der Waals surface area contributed by atoms with Crippen LogP contribution in [-0.2, 0) is 6.42 Å². The lowest BCUT2D eigenvalue weighted by molar-refractivity contribution is 0.859. The molecular weight excluding hydrogens is 210 g/mol. The summed E-state index contributed by atoms with van der Waals surface area (Å²) in [5.41, 5.74) is 7.85. The van der Waals surface area contributed by atoms with E-state index in [0.717, 1.165) is 25.2 Å². The Kier molecular flexibility index (Phi) is 3.97. The molecule has 0 saturated carbocycles. The van der Waals surface area contributed by atoms with Gasteiger partial charge in [-0.15, -0.1) is 0 Å². The van der Waals surface area contributed by atoms with E-state index in [9.17, 15) is 0 Å². The maximum Gasteiger partial charge on any atom is 0.149 e. The standard InChI is InChI=1S/C14H17N3/c15-13-9-5-11-17-14(13)16-10-4-8-12-6-2-1-3-7-12/h1-3,5-7,9,11H,4,8,10,15H2,(H,16,17). The summed E-state index contributed by atoms with van der Waals surface area (Å²) < 4.78 is 0. The molecule has 0 spiro atoms. The van der Waals surface area contributed by atoms with Gasteiger partial charge in [-0.1, -0.05) is 30.3 Å². The Morgan fingerprint density at radius 1 is 1.06 bits per heavy atom. The molecule has 2 rings (SSSR count). The van der Waals surface area contributed by atoms with Gasteiger partial charge in [0.15, 0.2) is 0 Å². The predicted molar refractivity (Wildman–Crippen MR) is 71.9 cm³/mol. The number of aromatic nitrogens is 1. The van der Waals surface area contributed by atoms with Gasteiger partial charge >= 0.3 is 0 Å². The fraction of sp³-hybridized carbons (Fsp3) is 0.214. The third kappa shape index (κ3) is 3.48. The minimum Gasteiger partial charge on any atom is -0.396 e. The molecule has 0 atom stereocenters. The number of rotatable bonds is 5. The molecule has 0 radical (unpaired) electrons. The van der Waals surface area contributed by atoms with Crippen molar-refractivity contribution in [2.45, 2.75) is 12.8 Å². The summed E-state index contributed by atoms with van der Waals surface area (Å²) in [7, 11) is 0. The Bertz CT molecular complexity index is 454. The van der Waals surface area contributed by atoms with Crippen molar-refractivity contribution in [3.8, 4) is 0 Å². The fourth-order valence-electron chi connectivity index (χ4n) is 1.71. The predicted octanol–water partition coefficient (Wildman–Crippen LogP) is 2.71. The van der Waals surface area contributed by atoms with Gasteiger partial charge in [-0.05, 0) is 30.5 Å². The number of nitrogens with one attached hydrogen (secondary N) is 1. The average molecular weight is 227 g/mol. The molecule has 0 aliphatic heterocycles. The molecule has 0 saturated heterocycles. The molecule has 1 aromatic heterocycles. The van der Waals surface area contributed by atoms with Gasteiger partial charge in [-0.3, -0.25) is 0 Å². The molecule has 0 unspecified atom stereocenters. The molecule has 0 aliphatic carbocycles. The molecule has 3 heteroatoms. The molecule has 1 aromatic carbocycles. The third-order valence-electron chi connectivity index (χ3n) is 2.62. The highest BCUT2D eigenvalue weighted by Gasteiger charge is 1.97. The Morgan fingerprint density at radius 2 is 1.88 bits per heavy atom. The van der Waals surface area contributed by atoms with Crippen molar-refractivity contribution in [1.29, 1.82) is 0 Å². The lowest BCUT2D eigenvalue weighted by atomic mass is 10.1. The summed E-state index contributed by atoms with van der Waals surface area (Å²) in [6.07, 6.45) is 3.89. The van der Waals surface area contributed by atoms with Crippen LogP contribution in [0, 0.1) is 0 Å². The van der Waals surface area contributed by atoms with Gasteiger partial charge in [0.1, 0.15) is 5.82 Å². The van der Waals surface area contributed by atoms with Crippen LogP contribution in [0.2, 0.25) is 0 Å². The van der Waals surface area contributed by atoms with Crippen LogP contribution in [0.3, 0.4) is 0 Å². The molecule has 0 amide bonds.